The number of pyridine rings is 1. The Morgan fingerprint density at radius 2 is 2.25 bits per heavy atom. The summed E-state index contributed by atoms with van der Waals surface area (Å²) in [5.41, 5.74) is -1.22. The molecule has 0 amide bonds. The van der Waals surface area contributed by atoms with E-state index in [9.17, 15) is 19.7 Å². The Morgan fingerprint density at radius 1 is 1.50 bits per heavy atom. The zero-order valence-electron chi connectivity index (χ0n) is 9.96. The molecule has 0 atom stereocenters. The van der Waals surface area contributed by atoms with Gasteiger partial charge in [0.1, 0.15) is 11.9 Å². The van der Waals surface area contributed by atoms with Gasteiger partial charge in [0.25, 0.3) is 5.43 Å². The second-order valence-corrected chi connectivity index (χ2v) is 3.81. The number of carbonyl (C=O) groups is 1. The van der Waals surface area contributed by atoms with Crippen molar-refractivity contribution >= 4 is 11.7 Å². The molecule has 9 heteroatoms. The molecule has 9 nitrogen and oxygen atoms in total. The molecule has 0 fully saturated rings. The predicted octanol–water partition coefficient (Wildman–Crippen LogP) is 0.293. The number of rotatable bonds is 4. The minimum Gasteiger partial charge on any atom is -0.478 e. The molecule has 0 bridgehead atoms. The van der Waals surface area contributed by atoms with Crippen molar-refractivity contribution in [2.24, 2.45) is 0 Å². The molecule has 0 saturated heterocycles. The molecular weight excluding hydrogens is 268 g/mol. The number of nitro groups is 1. The van der Waals surface area contributed by atoms with E-state index in [2.05, 4.69) is 9.97 Å². The van der Waals surface area contributed by atoms with Gasteiger partial charge in [0, 0.05) is 18.5 Å². The van der Waals surface area contributed by atoms with Gasteiger partial charge < -0.3 is 9.67 Å². The largest absolute Gasteiger partial charge is 0.478 e. The van der Waals surface area contributed by atoms with Gasteiger partial charge in [-0.3, -0.25) is 14.9 Å². The fourth-order valence-corrected chi connectivity index (χ4v) is 1.58. The van der Waals surface area contributed by atoms with Crippen molar-refractivity contribution in [2.45, 2.75) is 6.54 Å². The van der Waals surface area contributed by atoms with Crippen molar-refractivity contribution in [1.29, 1.82) is 0 Å². The lowest BCUT2D eigenvalue weighted by molar-refractivity contribution is -0.386. The minimum absolute atomic E-state index is 0.0225. The Labute approximate surface area is 111 Å². The summed E-state index contributed by atoms with van der Waals surface area (Å²) in [7, 11) is 0. The Morgan fingerprint density at radius 3 is 2.90 bits per heavy atom. The van der Waals surface area contributed by atoms with Crippen molar-refractivity contribution in [3.8, 4) is 0 Å². The van der Waals surface area contributed by atoms with Gasteiger partial charge in [-0.2, -0.15) is 0 Å². The molecule has 1 N–H and O–H groups in total. The standard InChI is InChI=1S/C11H8N4O5/c16-10-1-2-14(5-9(10)15(19)20)4-8-7(11(17)18)3-12-6-13-8/h1-3,5-6H,4H2,(H,17,18). The Hall–Kier alpha value is -3.10. The summed E-state index contributed by atoms with van der Waals surface area (Å²) in [5, 5.41) is 19.7. The Balaban J connectivity index is 2.41. The highest BCUT2D eigenvalue weighted by Crippen LogP contribution is 2.08. The quantitative estimate of drug-likeness (QED) is 0.627. The van der Waals surface area contributed by atoms with Gasteiger partial charge in [0.2, 0.25) is 0 Å². The first kappa shape index (κ1) is 13.3. The molecule has 0 aliphatic rings. The van der Waals surface area contributed by atoms with E-state index in [1.807, 2.05) is 0 Å². The number of carboxylic acids is 1. The van der Waals surface area contributed by atoms with Crippen LogP contribution in [0.4, 0.5) is 5.69 Å². The van der Waals surface area contributed by atoms with E-state index in [0.29, 0.717) is 0 Å². The van der Waals surface area contributed by atoms with Gasteiger partial charge in [-0.05, 0) is 0 Å². The lowest BCUT2D eigenvalue weighted by Crippen LogP contribution is -2.14. The van der Waals surface area contributed by atoms with E-state index in [1.165, 1.54) is 17.1 Å². The van der Waals surface area contributed by atoms with Crippen molar-refractivity contribution < 1.29 is 14.8 Å². The lowest BCUT2D eigenvalue weighted by atomic mass is 10.2. The molecule has 0 aliphatic heterocycles. The van der Waals surface area contributed by atoms with Crippen LogP contribution in [0.2, 0.25) is 0 Å². The van der Waals surface area contributed by atoms with Gasteiger partial charge in [-0.25, -0.2) is 14.8 Å². The fraction of sp³-hybridized carbons (Fsp3) is 0.0909. The summed E-state index contributed by atoms with van der Waals surface area (Å²) < 4.78 is 1.31. The van der Waals surface area contributed by atoms with Crippen LogP contribution in [-0.2, 0) is 6.54 Å². The van der Waals surface area contributed by atoms with E-state index in [-0.39, 0.29) is 17.8 Å². The zero-order chi connectivity index (χ0) is 14.7. The van der Waals surface area contributed by atoms with Crippen molar-refractivity contribution in [2.75, 3.05) is 0 Å². The van der Waals surface area contributed by atoms with E-state index >= 15 is 0 Å². The third-order valence-electron chi connectivity index (χ3n) is 2.51. The average molecular weight is 276 g/mol. The van der Waals surface area contributed by atoms with Gasteiger partial charge in [-0.15, -0.1) is 0 Å². The minimum atomic E-state index is -1.20. The second-order valence-electron chi connectivity index (χ2n) is 3.81. The third-order valence-corrected chi connectivity index (χ3v) is 2.51. The molecule has 0 spiro atoms. The molecule has 0 saturated carbocycles. The van der Waals surface area contributed by atoms with Crippen LogP contribution in [0.15, 0.2) is 35.8 Å². The number of hydrogen-bond acceptors (Lipinski definition) is 6. The zero-order valence-corrected chi connectivity index (χ0v) is 9.96. The number of aromatic carboxylic acids is 1. The molecule has 0 aliphatic carbocycles. The number of aromatic nitrogens is 3. The summed E-state index contributed by atoms with van der Waals surface area (Å²) in [5.74, 6) is -1.20. The highest BCUT2D eigenvalue weighted by atomic mass is 16.6. The van der Waals surface area contributed by atoms with Gasteiger partial charge in [0.05, 0.1) is 23.4 Å². The van der Waals surface area contributed by atoms with Crippen LogP contribution in [0.5, 0.6) is 0 Å². The highest BCUT2D eigenvalue weighted by Gasteiger charge is 2.15. The first-order chi connectivity index (χ1) is 9.49. The van der Waals surface area contributed by atoms with Crippen molar-refractivity contribution in [3.63, 3.8) is 0 Å². The van der Waals surface area contributed by atoms with Crippen LogP contribution in [0, 0.1) is 10.1 Å². The van der Waals surface area contributed by atoms with Crippen LogP contribution in [0.3, 0.4) is 0 Å². The van der Waals surface area contributed by atoms with Crippen molar-refractivity contribution in [1.82, 2.24) is 14.5 Å². The van der Waals surface area contributed by atoms with E-state index in [4.69, 9.17) is 5.11 Å². The van der Waals surface area contributed by atoms with Crippen LogP contribution in [-0.4, -0.2) is 30.5 Å². The third kappa shape index (κ3) is 2.66. The highest BCUT2D eigenvalue weighted by molar-refractivity contribution is 5.88. The molecular formula is C11H8N4O5. The lowest BCUT2D eigenvalue weighted by Gasteiger charge is -2.07. The molecule has 0 unspecified atom stereocenters. The summed E-state index contributed by atoms with van der Waals surface area (Å²) in [6.07, 6.45) is 4.68. The van der Waals surface area contributed by atoms with Crippen LogP contribution in [0.1, 0.15) is 16.1 Å². The van der Waals surface area contributed by atoms with Gasteiger partial charge >= 0.3 is 11.7 Å². The molecule has 102 valence electrons. The monoisotopic (exact) mass is 276 g/mol. The van der Waals surface area contributed by atoms with Crippen LogP contribution < -0.4 is 5.43 Å². The normalized spacial score (nSPS) is 10.2. The number of carboxylic acid groups (broad SMARTS) is 1. The molecule has 2 heterocycles. The van der Waals surface area contributed by atoms with Gasteiger partial charge in [-0.1, -0.05) is 0 Å². The first-order valence-electron chi connectivity index (χ1n) is 5.35. The maximum atomic E-state index is 11.3. The smallest absolute Gasteiger partial charge is 0.339 e. The average Bonchev–Trinajstić information content (AvgIpc) is 2.41. The molecule has 2 aromatic rings. The van der Waals surface area contributed by atoms with E-state index < -0.39 is 22.0 Å². The Bertz CT molecular complexity index is 740. The first-order valence-corrected chi connectivity index (χ1v) is 5.35. The summed E-state index contributed by atoms with van der Waals surface area (Å²) in [6, 6.07) is 1.04. The predicted molar refractivity (Wildman–Crippen MR) is 65.4 cm³/mol. The van der Waals surface area contributed by atoms with Crippen molar-refractivity contribution in [3.05, 3.63) is 62.6 Å². The molecule has 20 heavy (non-hydrogen) atoms. The van der Waals surface area contributed by atoms with E-state index in [0.717, 1.165) is 18.5 Å². The second kappa shape index (κ2) is 5.26. The molecule has 0 radical (unpaired) electrons. The molecule has 0 aromatic carbocycles. The molecule has 2 rings (SSSR count). The maximum absolute atomic E-state index is 11.3. The topological polar surface area (TPSA) is 128 Å². The van der Waals surface area contributed by atoms with E-state index in [1.54, 1.807) is 0 Å². The summed E-state index contributed by atoms with van der Waals surface area (Å²) >= 11 is 0. The number of nitrogens with zero attached hydrogens (tertiary/aromatic N) is 4. The number of hydrogen-bond donors (Lipinski definition) is 1. The van der Waals surface area contributed by atoms with Crippen LogP contribution in [0.25, 0.3) is 0 Å². The SMILES string of the molecule is O=C(O)c1cncnc1Cn1ccc(=O)c([N+](=O)[O-])c1. The molecule has 2 aromatic heterocycles. The maximum Gasteiger partial charge on any atom is 0.339 e. The fourth-order valence-electron chi connectivity index (χ4n) is 1.58. The summed E-state index contributed by atoms with van der Waals surface area (Å²) in [4.78, 5) is 39.6. The van der Waals surface area contributed by atoms with Gasteiger partial charge in [0.15, 0.2) is 0 Å². The van der Waals surface area contributed by atoms with Crippen LogP contribution >= 0.6 is 0 Å². The summed E-state index contributed by atoms with van der Waals surface area (Å²) in [6.45, 7) is -0.0225. The Kier molecular flexibility index (Phi) is 3.51.